The molecule has 1 atom stereocenters. The fourth-order valence-corrected chi connectivity index (χ4v) is 3.25. The number of benzene rings is 1. The number of nitrogens with zero attached hydrogens (tertiary/aromatic N) is 1. The van der Waals surface area contributed by atoms with Gasteiger partial charge in [0.15, 0.2) is 0 Å². The Labute approximate surface area is 130 Å². The lowest BCUT2D eigenvalue weighted by Gasteiger charge is -2.23. The molecule has 1 saturated heterocycles. The van der Waals surface area contributed by atoms with Gasteiger partial charge in [0.2, 0.25) is 0 Å². The molecule has 1 fully saturated rings. The second kappa shape index (κ2) is 5.95. The van der Waals surface area contributed by atoms with Gasteiger partial charge in [-0.05, 0) is 24.6 Å². The van der Waals surface area contributed by atoms with E-state index in [1.807, 2.05) is 0 Å². The van der Waals surface area contributed by atoms with Crippen molar-refractivity contribution in [3.63, 3.8) is 0 Å². The Bertz CT molecular complexity index is 630. The fraction of sp³-hybridized carbons (Fsp3) is 0.154. The summed E-state index contributed by atoms with van der Waals surface area (Å²) in [5.41, 5.74) is 0.677. The van der Waals surface area contributed by atoms with E-state index >= 15 is 0 Å². The van der Waals surface area contributed by atoms with Crippen LogP contribution in [0.15, 0.2) is 29.2 Å². The molecule has 0 aromatic heterocycles. The standard InChI is InChI=1S/C13H10ClNO3S2/c1-7(12(17)18)15-11(16)10(20-13(15)19)6-8-4-2-3-5-9(8)14/h2-7H,1H3,(H,17,18)/p-1/b10-6-/t7-/m1/s1. The summed E-state index contributed by atoms with van der Waals surface area (Å²) in [5, 5.41) is 11.4. The number of thioether (sulfide) groups is 1. The number of hydrogen-bond donors (Lipinski definition) is 0. The molecule has 0 N–H and O–H groups in total. The third-order valence-corrected chi connectivity index (χ3v) is 4.42. The van der Waals surface area contributed by atoms with Crippen molar-refractivity contribution in [3.8, 4) is 0 Å². The summed E-state index contributed by atoms with van der Waals surface area (Å²) in [6.07, 6.45) is 1.60. The molecule has 0 unspecified atom stereocenters. The number of thiocarbonyl (C=S) groups is 1. The Balaban J connectivity index is 2.33. The number of carbonyl (C=O) groups excluding carboxylic acids is 2. The van der Waals surface area contributed by atoms with Crippen molar-refractivity contribution in [3.05, 3.63) is 39.8 Å². The Morgan fingerprint density at radius 1 is 1.50 bits per heavy atom. The molecule has 20 heavy (non-hydrogen) atoms. The molecule has 7 heteroatoms. The number of rotatable bonds is 3. The van der Waals surface area contributed by atoms with Crippen LogP contribution < -0.4 is 5.11 Å². The van der Waals surface area contributed by atoms with Crippen molar-refractivity contribution >= 4 is 57.9 Å². The number of halogens is 1. The SMILES string of the molecule is C[C@H](C(=O)[O-])N1C(=O)/C(=C/c2ccccc2Cl)SC1=S. The largest absolute Gasteiger partial charge is 0.548 e. The second-order valence-electron chi connectivity index (χ2n) is 4.07. The van der Waals surface area contributed by atoms with E-state index in [0.717, 1.165) is 16.7 Å². The molecule has 4 nitrogen and oxygen atoms in total. The lowest BCUT2D eigenvalue weighted by atomic mass is 10.2. The van der Waals surface area contributed by atoms with Crippen LogP contribution in [-0.4, -0.2) is 27.1 Å². The molecule has 2 rings (SSSR count). The van der Waals surface area contributed by atoms with Crippen LogP contribution in [0.1, 0.15) is 12.5 Å². The minimum atomic E-state index is -1.35. The molecular weight excluding hydrogens is 318 g/mol. The van der Waals surface area contributed by atoms with Gasteiger partial charge in [-0.1, -0.05) is 53.8 Å². The third-order valence-electron chi connectivity index (χ3n) is 2.74. The molecule has 104 valence electrons. The minimum Gasteiger partial charge on any atom is -0.548 e. The van der Waals surface area contributed by atoms with Crippen LogP contribution in [0, 0.1) is 0 Å². The van der Waals surface area contributed by atoms with Gasteiger partial charge in [-0.3, -0.25) is 9.69 Å². The summed E-state index contributed by atoms with van der Waals surface area (Å²) in [6.45, 7) is 1.36. The van der Waals surface area contributed by atoms with Crippen molar-refractivity contribution < 1.29 is 14.7 Å². The van der Waals surface area contributed by atoms with Gasteiger partial charge in [-0.2, -0.15) is 0 Å². The van der Waals surface area contributed by atoms with Crippen LogP contribution >= 0.6 is 35.6 Å². The zero-order valence-corrected chi connectivity index (χ0v) is 12.7. The zero-order valence-electron chi connectivity index (χ0n) is 10.3. The van der Waals surface area contributed by atoms with Gasteiger partial charge in [0.05, 0.1) is 16.9 Å². The number of amides is 1. The Morgan fingerprint density at radius 3 is 2.75 bits per heavy atom. The molecule has 0 aliphatic carbocycles. The summed E-state index contributed by atoms with van der Waals surface area (Å²) >= 11 is 12.1. The topological polar surface area (TPSA) is 60.4 Å². The average molecular weight is 327 g/mol. The molecule has 0 spiro atoms. The number of carboxylic acids is 1. The lowest BCUT2D eigenvalue weighted by Crippen LogP contribution is -2.48. The maximum Gasteiger partial charge on any atom is 0.266 e. The van der Waals surface area contributed by atoms with E-state index < -0.39 is 17.9 Å². The van der Waals surface area contributed by atoms with E-state index in [-0.39, 0.29) is 4.32 Å². The smallest absolute Gasteiger partial charge is 0.266 e. The van der Waals surface area contributed by atoms with Crippen LogP contribution in [0.2, 0.25) is 5.02 Å². The van der Waals surface area contributed by atoms with E-state index in [1.54, 1.807) is 30.3 Å². The van der Waals surface area contributed by atoms with Crippen molar-refractivity contribution in [2.75, 3.05) is 0 Å². The van der Waals surface area contributed by atoms with E-state index in [9.17, 15) is 14.7 Å². The first-order valence-electron chi connectivity index (χ1n) is 5.64. The summed E-state index contributed by atoms with van der Waals surface area (Å²) in [4.78, 5) is 24.5. The molecule has 0 bridgehead atoms. The van der Waals surface area contributed by atoms with Gasteiger partial charge in [0, 0.05) is 5.02 Å². The number of carbonyl (C=O) groups is 2. The van der Waals surface area contributed by atoms with Gasteiger partial charge in [0.25, 0.3) is 5.91 Å². The van der Waals surface area contributed by atoms with E-state index in [2.05, 4.69) is 0 Å². The highest BCUT2D eigenvalue weighted by molar-refractivity contribution is 8.26. The van der Waals surface area contributed by atoms with Crippen LogP contribution in [0.25, 0.3) is 6.08 Å². The first-order chi connectivity index (χ1) is 9.41. The molecule has 1 heterocycles. The molecule has 0 radical (unpaired) electrons. The highest BCUT2D eigenvalue weighted by Gasteiger charge is 2.35. The summed E-state index contributed by atoms with van der Waals surface area (Å²) in [7, 11) is 0. The predicted octanol–water partition coefficient (Wildman–Crippen LogP) is 1.68. The first kappa shape index (κ1) is 15.0. The zero-order chi connectivity index (χ0) is 14.9. The van der Waals surface area contributed by atoms with Crippen molar-refractivity contribution in [1.29, 1.82) is 0 Å². The Hall–Kier alpha value is -1.37. The van der Waals surface area contributed by atoms with Gasteiger partial charge in [-0.25, -0.2) is 0 Å². The van der Waals surface area contributed by atoms with Gasteiger partial charge in [0.1, 0.15) is 4.32 Å². The number of aliphatic carboxylic acids is 1. The molecule has 1 aliphatic rings. The summed E-state index contributed by atoms with van der Waals surface area (Å²) < 4.78 is 0.199. The van der Waals surface area contributed by atoms with Gasteiger partial charge in [-0.15, -0.1) is 0 Å². The molecule has 0 saturated carbocycles. The summed E-state index contributed by atoms with van der Waals surface area (Å²) in [5.74, 6) is -1.79. The molecule has 1 aliphatic heterocycles. The lowest BCUT2D eigenvalue weighted by molar-refractivity contribution is -0.309. The Morgan fingerprint density at radius 2 is 2.15 bits per heavy atom. The van der Waals surface area contributed by atoms with Crippen molar-refractivity contribution in [2.24, 2.45) is 0 Å². The molecular formula is C13H9ClNO3S2-. The van der Waals surface area contributed by atoms with Crippen LogP contribution in [0.5, 0.6) is 0 Å². The molecule has 1 aromatic carbocycles. The maximum absolute atomic E-state index is 12.2. The quantitative estimate of drug-likeness (QED) is 0.625. The monoisotopic (exact) mass is 326 g/mol. The van der Waals surface area contributed by atoms with E-state index in [0.29, 0.717) is 15.5 Å². The molecule has 1 aromatic rings. The van der Waals surface area contributed by atoms with Crippen molar-refractivity contribution in [2.45, 2.75) is 13.0 Å². The van der Waals surface area contributed by atoms with E-state index in [4.69, 9.17) is 23.8 Å². The van der Waals surface area contributed by atoms with Crippen LogP contribution in [-0.2, 0) is 9.59 Å². The fourth-order valence-electron chi connectivity index (χ4n) is 1.65. The highest BCUT2D eigenvalue weighted by Crippen LogP contribution is 2.34. The first-order valence-corrected chi connectivity index (χ1v) is 7.24. The predicted molar refractivity (Wildman–Crippen MR) is 80.9 cm³/mol. The normalized spacial score (nSPS) is 18.7. The van der Waals surface area contributed by atoms with Crippen LogP contribution in [0.3, 0.4) is 0 Å². The van der Waals surface area contributed by atoms with Gasteiger partial charge < -0.3 is 9.90 Å². The highest BCUT2D eigenvalue weighted by atomic mass is 35.5. The maximum atomic E-state index is 12.2. The molecule has 1 amide bonds. The van der Waals surface area contributed by atoms with Crippen LogP contribution in [0.4, 0.5) is 0 Å². The number of carboxylic acid groups (broad SMARTS) is 1. The van der Waals surface area contributed by atoms with E-state index in [1.165, 1.54) is 6.92 Å². The van der Waals surface area contributed by atoms with Gasteiger partial charge >= 0.3 is 0 Å². The van der Waals surface area contributed by atoms with Crippen molar-refractivity contribution in [1.82, 2.24) is 4.90 Å². The minimum absolute atomic E-state index is 0.199. The number of hydrogen-bond acceptors (Lipinski definition) is 5. The third kappa shape index (κ3) is 2.87. The average Bonchev–Trinajstić information content (AvgIpc) is 2.66. The summed E-state index contributed by atoms with van der Waals surface area (Å²) in [6, 6.07) is 5.94. The Kier molecular flexibility index (Phi) is 4.47. The second-order valence-corrected chi connectivity index (χ2v) is 6.15.